The number of fused-ring (bicyclic) bond motifs is 1. The number of imidazole rings is 1. The molecule has 1 aromatic heterocycles. The fraction of sp³-hybridized carbons (Fsp3) is 0.438. The molecule has 1 aliphatic rings. The second-order valence-electron chi connectivity index (χ2n) is 5.71. The van der Waals surface area contributed by atoms with Gasteiger partial charge in [-0.25, -0.2) is 0 Å². The van der Waals surface area contributed by atoms with Crippen LogP contribution >= 0.6 is 12.2 Å². The Labute approximate surface area is 119 Å². The fourth-order valence-corrected chi connectivity index (χ4v) is 3.43. The summed E-state index contributed by atoms with van der Waals surface area (Å²) in [4.78, 5) is 3.22. The minimum atomic E-state index is 0.505. The van der Waals surface area contributed by atoms with Crippen LogP contribution in [-0.2, 0) is 12.8 Å². The Hall–Kier alpha value is -1.35. The first-order valence-electron chi connectivity index (χ1n) is 7.03. The third kappa shape index (κ3) is 2.27. The quantitative estimate of drug-likeness (QED) is 0.804. The van der Waals surface area contributed by atoms with E-state index in [0.29, 0.717) is 12.0 Å². The third-order valence-corrected chi connectivity index (χ3v) is 4.43. The van der Waals surface area contributed by atoms with E-state index in [1.807, 2.05) is 0 Å². The summed E-state index contributed by atoms with van der Waals surface area (Å²) in [6.45, 7) is 4.45. The highest BCUT2D eigenvalue weighted by Crippen LogP contribution is 2.31. The molecular weight excluding hydrogens is 252 g/mol. The van der Waals surface area contributed by atoms with Gasteiger partial charge in [0.1, 0.15) is 0 Å². The molecule has 0 aliphatic heterocycles. The van der Waals surface area contributed by atoms with Crippen LogP contribution in [-0.4, -0.2) is 9.55 Å². The van der Waals surface area contributed by atoms with Gasteiger partial charge in [0.15, 0.2) is 4.77 Å². The van der Waals surface area contributed by atoms with Crippen molar-refractivity contribution >= 4 is 12.2 Å². The van der Waals surface area contributed by atoms with Gasteiger partial charge in [-0.2, -0.15) is 0 Å². The van der Waals surface area contributed by atoms with Gasteiger partial charge < -0.3 is 9.55 Å². The standard InChI is InChI=1S/C16H20N2S/c1-11(2)15-10-17-16(19)18(15)14-8-7-12-5-3-4-6-13(12)9-14/h3-6,10-11,14H,7-9H2,1-2H3,(H,17,19). The van der Waals surface area contributed by atoms with Gasteiger partial charge in [-0.15, -0.1) is 0 Å². The van der Waals surface area contributed by atoms with E-state index in [1.165, 1.54) is 23.2 Å². The summed E-state index contributed by atoms with van der Waals surface area (Å²) in [5, 5.41) is 0. The number of hydrogen-bond acceptors (Lipinski definition) is 1. The normalized spacial score (nSPS) is 18.6. The number of aromatic nitrogens is 2. The summed E-state index contributed by atoms with van der Waals surface area (Å²) in [6.07, 6.45) is 5.52. The van der Waals surface area contributed by atoms with Crippen LogP contribution in [0.25, 0.3) is 0 Å². The van der Waals surface area contributed by atoms with Crippen LogP contribution < -0.4 is 0 Å². The molecule has 19 heavy (non-hydrogen) atoms. The van der Waals surface area contributed by atoms with E-state index in [2.05, 4.69) is 53.9 Å². The van der Waals surface area contributed by atoms with Gasteiger partial charge in [0, 0.05) is 17.9 Å². The van der Waals surface area contributed by atoms with Crippen LogP contribution in [0.2, 0.25) is 0 Å². The zero-order chi connectivity index (χ0) is 13.4. The summed E-state index contributed by atoms with van der Waals surface area (Å²) >= 11 is 5.48. The number of H-pyrrole nitrogens is 1. The number of hydrogen-bond donors (Lipinski definition) is 1. The molecule has 1 heterocycles. The summed E-state index contributed by atoms with van der Waals surface area (Å²) in [7, 11) is 0. The lowest BCUT2D eigenvalue weighted by atomic mass is 9.88. The SMILES string of the molecule is CC(C)c1c[nH]c(=S)n1C1CCc2ccccc2C1. The molecular formula is C16H20N2S. The third-order valence-electron chi connectivity index (χ3n) is 4.12. The number of rotatable bonds is 2. The van der Waals surface area contributed by atoms with Crippen LogP contribution in [0.3, 0.4) is 0 Å². The summed E-state index contributed by atoms with van der Waals surface area (Å²) in [6, 6.07) is 9.30. The van der Waals surface area contributed by atoms with Crippen molar-refractivity contribution in [3.63, 3.8) is 0 Å². The molecule has 0 saturated carbocycles. The van der Waals surface area contributed by atoms with Crippen LogP contribution in [0.15, 0.2) is 30.5 Å². The molecule has 3 heteroatoms. The summed E-state index contributed by atoms with van der Waals surface area (Å²) in [5.74, 6) is 0.505. The van der Waals surface area contributed by atoms with Gasteiger partial charge in [0.05, 0.1) is 0 Å². The number of benzene rings is 1. The van der Waals surface area contributed by atoms with Crippen molar-refractivity contribution in [1.29, 1.82) is 0 Å². The average molecular weight is 272 g/mol. The van der Waals surface area contributed by atoms with Crippen molar-refractivity contribution in [2.75, 3.05) is 0 Å². The molecule has 0 radical (unpaired) electrons. The van der Waals surface area contributed by atoms with E-state index < -0.39 is 0 Å². The van der Waals surface area contributed by atoms with Crippen LogP contribution in [0.4, 0.5) is 0 Å². The van der Waals surface area contributed by atoms with E-state index in [4.69, 9.17) is 12.2 Å². The molecule has 3 rings (SSSR count). The Kier molecular flexibility index (Phi) is 3.31. The largest absolute Gasteiger partial charge is 0.337 e. The first-order valence-corrected chi connectivity index (χ1v) is 7.44. The lowest BCUT2D eigenvalue weighted by Crippen LogP contribution is -2.20. The van der Waals surface area contributed by atoms with Crippen molar-refractivity contribution in [1.82, 2.24) is 9.55 Å². The highest BCUT2D eigenvalue weighted by molar-refractivity contribution is 7.71. The molecule has 0 spiro atoms. The van der Waals surface area contributed by atoms with Gasteiger partial charge in [-0.1, -0.05) is 38.1 Å². The molecule has 1 N–H and O–H groups in total. The van der Waals surface area contributed by atoms with Gasteiger partial charge in [0.2, 0.25) is 0 Å². The molecule has 2 aromatic rings. The van der Waals surface area contributed by atoms with E-state index in [-0.39, 0.29) is 0 Å². The Morgan fingerprint density at radius 3 is 2.74 bits per heavy atom. The summed E-state index contributed by atoms with van der Waals surface area (Å²) in [5.41, 5.74) is 4.32. The molecule has 0 fully saturated rings. The summed E-state index contributed by atoms with van der Waals surface area (Å²) < 4.78 is 3.21. The van der Waals surface area contributed by atoms with Gasteiger partial charge in [-0.05, 0) is 48.5 Å². The topological polar surface area (TPSA) is 20.7 Å². The number of nitrogens with one attached hydrogen (secondary N) is 1. The van der Waals surface area contributed by atoms with Crippen LogP contribution in [0.5, 0.6) is 0 Å². The highest BCUT2D eigenvalue weighted by atomic mass is 32.1. The van der Waals surface area contributed by atoms with Gasteiger partial charge in [0.25, 0.3) is 0 Å². The van der Waals surface area contributed by atoms with Gasteiger partial charge in [-0.3, -0.25) is 0 Å². The second kappa shape index (κ2) is 4.97. The average Bonchev–Trinajstić information content (AvgIpc) is 2.80. The van der Waals surface area contributed by atoms with Crippen molar-refractivity contribution in [3.8, 4) is 0 Å². The first-order chi connectivity index (χ1) is 9.16. The number of nitrogens with zero attached hydrogens (tertiary/aromatic N) is 1. The predicted octanol–water partition coefficient (Wildman–Crippen LogP) is 4.40. The predicted molar refractivity (Wildman–Crippen MR) is 81.2 cm³/mol. The molecule has 100 valence electrons. The lowest BCUT2D eigenvalue weighted by molar-refractivity contribution is 0.422. The molecule has 0 saturated heterocycles. The minimum absolute atomic E-state index is 0.505. The van der Waals surface area contributed by atoms with Crippen LogP contribution in [0.1, 0.15) is 49.0 Å². The van der Waals surface area contributed by atoms with Crippen molar-refractivity contribution in [2.45, 2.75) is 45.1 Å². The number of aryl methyl sites for hydroxylation is 1. The second-order valence-corrected chi connectivity index (χ2v) is 6.10. The lowest BCUT2D eigenvalue weighted by Gasteiger charge is -2.28. The first kappa shape index (κ1) is 12.7. The maximum atomic E-state index is 5.48. The Bertz CT molecular complexity index is 636. The maximum Gasteiger partial charge on any atom is 0.177 e. The van der Waals surface area contributed by atoms with Crippen molar-refractivity contribution in [2.24, 2.45) is 0 Å². The Balaban J connectivity index is 1.98. The Morgan fingerprint density at radius 1 is 1.26 bits per heavy atom. The van der Waals surface area contributed by atoms with E-state index in [1.54, 1.807) is 0 Å². The van der Waals surface area contributed by atoms with Gasteiger partial charge >= 0.3 is 0 Å². The number of aromatic amines is 1. The van der Waals surface area contributed by atoms with E-state index in [0.717, 1.165) is 17.6 Å². The highest BCUT2D eigenvalue weighted by Gasteiger charge is 2.22. The fourth-order valence-electron chi connectivity index (χ4n) is 3.11. The van der Waals surface area contributed by atoms with Crippen molar-refractivity contribution in [3.05, 3.63) is 52.1 Å². The van der Waals surface area contributed by atoms with Crippen LogP contribution in [0, 0.1) is 4.77 Å². The molecule has 0 bridgehead atoms. The smallest absolute Gasteiger partial charge is 0.177 e. The molecule has 1 unspecified atom stereocenters. The maximum absolute atomic E-state index is 5.48. The molecule has 1 atom stereocenters. The zero-order valence-corrected chi connectivity index (χ0v) is 12.3. The zero-order valence-electron chi connectivity index (χ0n) is 11.5. The van der Waals surface area contributed by atoms with E-state index >= 15 is 0 Å². The molecule has 1 aliphatic carbocycles. The minimum Gasteiger partial charge on any atom is -0.337 e. The molecule has 0 amide bonds. The Morgan fingerprint density at radius 2 is 2.00 bits per heavy atom. The van der Waals surface area contributed by atoms with Crippen molar-refractivity contribution < 1.29 is 0 Å². The van der Waals surface area contributed by atoms with E-state index in [9.17, 15) is 0 Å². The molecule has 1 aromatic carbocycles. The molecule has 2 nitrogen and oxygen atoms in total. The monoisotopic (exact) mass is 272 g/mol.